The highest BCUT2D eigenvalue weighted by molar-refractivity contribution is 6.31. The van der Waals surface area contributed by atoms with Crippen molar-refractivity contribution in [1.82, 2.24) is 15.1 Å². The summed E-state index contributed by atoms with van der Waals surface area (Å²) in [5.74, 6) is 0.171. The van der Waals surface area contributed by atoms with Gasteiger partial charge in [-0.3, -0.25) is 4.79 Å². The molecular formula is C17H24ClN3O2. The molecule has 1 N–H and O–H groups in total. The lowest BCUT2D eigenvalue weighted by Gasteiger charge is -2.33. The van der Waals surface area contributed by atoms with Gasteiger partial charge >= 0.3 is 6.03 Å². The molecule has 0 aromatic heterocycles. The first-order valence-electron chi connectivity index (χ1n) is 7.91. The summed E-state index contributed by atoms with van der Waals surface area (Å²) in [6, 6.07) is 7.24. The van der Waals surface area contributed by atoms with Crippen LogP contribution in [0, 0.1) is 5.92 Å². The molecule has 3 amide bonds. The number of likely N-dealkylation sites (tertiary alicyclic amines) is 1. The summed E-state index contributed by atoms with van der Waals surface area (Å²) < 4.78 is 0. The number of nitrogens with one attached hydrogen (secondary N) is 1. The van der Waals surface area contributed by atoms with Gasteiger partial charge in [0.1, 0.15) is 0 Å². The van der Waals surface area contributed by atoms with Gasteiger partial charge in [-0.15, -0.1) is 0 Å². The van der Waals surface area contributed by atoms with Crippen molar-refractivity contribution in [2.24, 2.45) is 5.92 Å². The maximum Gasteiger partial charge on any atom is 0.317 e. The number of hydrogen-bond acceptors (Lipinski definition) is 2. The molecule has 1 aliphatic rings. The van der Waals surface area contributed by atoms with Gasteiger partial charge in [-0.1, -0.05) is 29.8 Å². The average Bonchev–Trinajstić information content (AvgIpc) is 2.54. The van der Waals surface area contributed by atoms with Gasteiger partial charge in [0.25, 0.3) is 0 Å². The van der Waals surface area contributed by atoms with Crippen molar-refractivity contribution in [2.45, 2.75) is 25.8 Å². The van der Waals surface area contributed by atoms with E-state index in [0.717, 1.165) is 5.56 Å². The van der Waals surface area contributed by atoms with Crippen LogP contribution < -0.4 is 5.32 Å². The first kappa shape index (κ1) is 17.6. The molecule has 126 valence electrons. The van der Waals surface area contributed by atoms with Crippen LogP contribution in [0.5, 0.6) is 0 Å². The Kier molecular flexibility index (Phi) is 5.88. The van der Waals surface area contributed by atoms with Crippen LogP contribution in [-0.2, 0) is 4.79 Å². The van der Waals surface area contributed by atoms with E-state index < -0.39 is 0 Å². The molecule has 0 spiro atoms. The Morgan fingerprint density at radius 3 is 2.43 bits per heavy atom. The molecule has 0 saturated carbocycles. The van der Waals surface area contributed by atoms with E-state index in [1.54, 1.807) is 23.9 Å². The number of nitrogens with zero attached hydrogens (tertiary/aromatic N) is 2. The van der Waals surface area contributed by atoms with Gasteiger partial charge in [-0.25, -0.2) is 4.79 Å². The molecule has 0 bridgehead atoms. The third-order valence-corrected chi connectivity index (χ3v) is 4.63. The Labute approximate surface area is 142 Å². The predicted octanol–water partition coefficient (Wildman–Crippen LogP) is 2.91. The molecule has 2 rings (SSSR count). The fraction of sp³-hybridized carbons (Fsp3) is 0.529. The SMILES string of the molecule is CC(NC(=O)N1CCC(C(=O)N(C)C)CC1)c1ccccc1Cl. The predicted molar refractivity (Wildman–Crippen MR) is 91.4 cm³/mol. The highest BCUT2D eigenvalue weighted by atomic mass is 35.5. The second kappa shape index (κ2) is 7.68. The Bertz CT molecular complexity index is 569. The van der Waals surface area contributed by atoms with Crippen molar-refractivity contribution in [1.29, 1.82) is 0 Å². The highest BCUT2D eigenvalue weighted by Crippen LogP contribution is 2.23. The van der Waals surface area contributed by atoms with E-state index in [2.05, 4.69) is 5.32 Å². The Hall–Kier alpha value is -1.75. The summed E-state index contributed by atoms with van der Waals surface area (Å²) in [5.41, 5.74) is 0.903. The maximum atomic E-state index is 12.4. The number of benzene rings is 1. The standard InChI is InChI=1S/C17H24ClN3O2/c1-12(14-6-4-5-7-15(14)18)19-17(23)21-10-8-13(9-11-21)16(22)20(2)3/h4-7,12-13H,8-11H2,1-3H3,(H,19,23). The summed E-state index contributed by atoms with van der Waals surface area (Å²) in [4.78, 5) is 27.7. The molecule has 0 radical (unpaired) electrons. The maximum absolute atomic E-state index is 12.4. The number of carbonyl (C=O) groups excluding carboxylic acids is 2. The van der Waals surface area contributed by atoms with Crippen molar-refractivity contribution in [3.05, 3.63) is 34.9 Å². The monoisotopic (exact) mass is 337 g/mol. The number of piperidine rings is 1. The molecule has 1 aromatic rings. The third kappa shape index (κ3) is 4.38. The van der Waals surface area contributed by atoms with Crippen molar-refractivity contribution >= 4 is 23.5 Å². The van der Waals surface area contributed by atoms with Gasteiger partial charge in [0.05, 0.1) is 6.04 Å². The zero-order chi connectivity index (χ0) is 17.0. The van der Waals surface area contributed by atoms with Crippen LogP contribution in [0.1, 0.15) is 31.4 Å². The molecular weight excluding hydrogens is 314 g/mol. The molecule has 6 heteroatoms. The number of carbonyl (C=O) groups is 2. The molecule has 5 nitrogen and oxygen atoms in total. The third-order valence-electron chi connectivity index (χ3n) is 4.28. The summed E-state index contributed by atoms with van der Waals surface area (Å²) in [5, 5.41) is 3.63. The molecule has 1 fully saturated rings. The molecule has 1 heterocycles. The van der Waals surface area contributed by atoms with E-state index in [1.165, 1.54) is 0 Å². The Morgan fingerprint density at radius 1 is 1.26 bits per heavy atom. The van der Waals surface area contributed by atoms with Gasteiger partial charge in [0, 0.05) is 38.1 Å². The van der Waals surface area contributed by atoms with Gasteiger partial charge in [0.15, 0.2) is 0 Å². The lowest BCUT2D eigenvalue weighted by Crippen LogP contribution is -2.47. The highest BCUT2D eigenvalue weighted by Gasteiger charge is 2.28. The first-order valence-corrected chi connectivity index (χ1v) is 8.29. The molecule has 1 aliphatic heterocycles. The molecule has 1 aromatic carbocycles. The van der Waals surface area contributed by atoms with Crippen molar-refractivity contribution in [2.75, 3.05) is 27.2 Å². The molecule has 1 atom stereocenters. The van der Waals surface area contributed by atoms with E-state index >= 15 is 0 Å². The lowest BCUT2D eigenvalue weighted by molar-refractivity contribution is -0.134. The number of rotatable bonds is 3. The number of halogens is 1. The van der Waals surface area contributed by atoms with Crippen LogP contribution in [0.25, 0.3) is 0 Å². The summed E-state index contributed by atoms with van der Waals surface area (Å²) in [6.07, 6.45) is 1.43. The number of amides is 3. The van der Waals surface area contributed by atoms with Crippen molar-refractivity contribution in [3.63, 3.8) is 0 Å². The van der Waals surface area contributed by atoms with Crippen LogP contribution in [0.15, 0.2) is 24.3 Å². The van der Waals surface area contributed by atoms with E-state index in [1.807, 2.05) is 31.2 Å². The normalized spacial score (nSPS) is 16.8. The van der Waals surface area contributed by atoms with Crippen molar-refractivity contribution in [3.8, 4) is 0 Å². The van der Waals surface area contributed by atoms with E-state index in [4.69, 9.17) is 11.6 Å². The lowest BCUT2D eigenvalue weighted by atomic mass is 9.96. The van der Waals surface area contributed by atoms with Crippen LogP contribution >= 0.6 is 11.6 Å². The average molecular weight is 338 g/mol. The minimum Gasteiger partial charge on any atom is -0.349 e. The Morgan fingerprint density at radius 2 is 1.87 bits per heavy atom. The summed E-state index contributed by atoms with van der Waals surface area (Å²) in [6.45, 7) is 3.12. The molecule has 0 aliphatic carbocycles. The van der Waals surface area contributed by atoms with Crippen LogP contribution in [0.2, 0.25) is 5.02 Å². The zero-order valence-corrected chi connectivity index (χ0v) is 14.6. The van der Waals surface area contributed by atoms with Gasteiger partial charge < -0.3 is 15.1 Å². The van der Waals surface area contributed by atoms with Gasteiger partial charge in [-0.05, 0) is 31.4 Å². The largest absolute Gasteiger partial charge is 0.349 e. The van der Waals surface area contributed by atoms with E-state index in [-0.39, 0.29) is 23.9 Å². The molecule has 23 heavy (non-hydrogen) atoms. The fourth-order valence-corrected chi connectivity index (χ4v) is 3.17. The number of hydrogen-bond donors (Lipinski definition) is 1. The Balaban J connectivity index is 1.88. The van der Waals surface area contributed by atoms with Gasteiger partial charge in [0.2, 0.25) is 5.91 Å². The number of urea groups is 1. The minimum absolute atomic E-state index is 0.0232. The van der Waals surface area contributed by atoms with E-state index in [0.29, 0.717) is 31.0 Å². The zero-order valence-electron chi connectivity index (χ0n) is 13.9. The van der Waals surface area contributed by atoms with E-state index in [9.17, 15) is 9.59 Å². The van der Waals surface area contributed by atoms with Crippen LogP contribution in [-0.4, -0.2) is 48.9 Å². The van der Waals surface area contributed by atoms with Crippen LogP contribution in [0.4, 0.5) is 4.79 Å². The molecule has 1 saturated heterocycles. The fourth-order valence-electron chi connectivity index (χ4n) is 2.88. The van der Waals surface area contributed by atoms with Crippen molar-refractivity contribution < 1.29 is 9.59 Å². The minimum atomic E-state index is -0.155. The summed E-state index contributed by atoms with van der Waals surface area (Å²) >= 11 is 6.16. The second-order valence-electron chi connectivity index (χ2n) is 6.19. The first-order chi connectivity index (χ1) is 10.9. The summed E-state index contributed by atoms with van der Waals surface area (Å²) in [7, 11) is 3.54. The quantitative estimate of drug-likeness (QED) is 0.922. The van der Waals surface area contributed by atoms with Gasteiger partial charge in [-0.2, -0.15) is 0 Å². The smallest absolute Gasteiger partial charge is 0.317 e. The topological polar surface area (TPSA) is 52.7 Å². The molecule has 1 unspecified atom stereocenters. The van der Waals surface area contributed by atoms with Crippen LogP contribution in [0.3, 0.4) is 0 Å². The second-order valence-corrected chi connectivity index (χ2v) is 6.59.